The average molecular weight is 212 g/mol. The Kier molecular flexibility index (Phi) is 3.10. The second kappa shape index (κ2) is 4.71. The van der Waals surface area contributed by atoms with Gasteiger partial charge in [0.2, 0.25) is 0 Å². The van der Waals surface area contributed by atoms with Gasteiger partial charge in [0.1, 0.15) is 0 Å². The summed E-state index contributed by atoms with van der Waals surface area (Å²) >= 11 is 0. The van der Waals surface area contributed by atoms with Crippen LogP contribution in [0.5, 0.6) is 11.5 Å². The van der Waals surface area contributed by atoms with Crippen molar-refractivity contribution in [3.05, 3.63) is 59.7 Å². The summed E-state index contributed by atoms with van der Waals surface area (Å²) in [7, 11) is 0. The molecule has 2 radical (unpaired) electrons. The summed E-state index contributed by atoms with van der Waals surface area (Å²) in [6, 6.07) is 13.7. The van der Waals surface area contributed by atoms with Gasteiger partial charge in [-0.1, -0.05) is 24.3 Å². The lowest BCUT2D eigenvalue weighted by Gasteiger charge is -2.01. The maximum atomic E-state index is 10.9. The van der Waals surface area contributed by atoms with Crippen molar-refractivity contribution >= 4 is 0 Å². The van der Waals surface area contributed by atoms with Crippen molar-refractivity contribution in [3.63, 3.8) is 0 Å². The summed E-state index contributed by atoms with van der Waals surface area (Å²) in [5.74, 6) is 0.0823. The third-order valence-corrected chi connectivity index (χ3v) is 2.55. The molecular weight excluding hydrogens is 200 g/mol. The summed E-state index contributed by atoms with van der Waals surface area (Å²) < 4.78 is 0. The molecule has 0 heterocycles. The maximum Gasteiger partial charge on any atom is 0.178 e. The molecule has 0 aliphatic carbocycles. The Balaban J connectivity index is 1.97. The molecular formula is C14H12O2. The van der Waals surface area contributed by atoms with Gasteiger partial charge in [-0.05, 0) is 48.2 Å². The summed E-state index contributed by atoms with van der Waals surface area (Å²) in [6.07, 6.45) is 1.77. The van der Waals surface area contributed by atoms with E-state index in [-0.39, 0.29) is 11.5 Å². The lowest BCUT2D eigenvalue weighted by molar-refractivity contribution is 0.354. The Morgan fingerprint density at radius 3 is 1.19 bits per heavy atom. The number of aryl methyl sites for hydroxylation is 2. The van der Waals surface area contributed by atoms with Crippen molar-refractivity contribution in [2.24, 2.45) is 0 Å². The van der Waals surface area contributed by atoms with E-state index >= 15 is 0 Å². The van der Waals surface area contributed by atoms with Gasteiger partial charge in [-0.3, -0.25) is 10.2 Å². The molecule has 0 spiro atoms. The minimum Gasteiger partial charge on any atom is -0.290 e. The highest BCUT2D eigenvalue weighted by Gasteiger charge is 1.97. The first-order valence-electron chi connectivity index (χ1n) is 5.26. The van der Waals surface area contributed by atoms with Crippen molar-refractivity contribution in [2.45, 2.75) is 12.8 Å². The molecule has 0 atom stereocenters. The van der Waals surface area contributed by atoms with E-state index in [0.29, 0.717) is 0 Å². The molecule has 2 rings (SSSR count). The minimum atomic E-state index is 0.0412. The zero-order chi connectivity index (χ0) is 11.4. The van der Waals surface area contributed by atoms with E-state index in [1.807, 2.05) is 24.3 Å². The molecule has 2 nitrogen and oxygen atoms in total. The number of rotatable bonds is 3. The van der Waals surface area contributed by atoms with E-state index < -0.39 is 0 Å². The van der Waals surface area contributed by atoms with E-state index in [4.69, 9.17) is 0 Å². The highest BCUT2D eigenvalue weighted by atomic mass is 16.3. The summed E-state index contributed by atoms with van der Waals surface area (Å²) in [5.41, 5.74) is 2.29. The van der Waals surface area contributed by atoms with Gasteiger partial charge in [0, 0.05) is 0 Å². The molecule has 0 saturated carbocycles. The van der Waals surface area contributed by atoms with Crippen LogP contribution in [0.15, 0.2) is 48.5 Å². The Hall–Kier alpha value is -1.96. The molecule has 2 aromatic rings. The van der Waals surface area contributed by atoms with Crippen molar-refractivity contribution < 1.29 is 10.2 Å². The predicted octanol–water partition coefficient (Wildman–Crippen LogP) is 3.76. The topological polar surface area (TPSA) is 39.8 Å². The van der Waals surface area contributed by atoms with Gasteiger partial charge in [-0.25, -0.2) is 0 Å². The van der Waals surface area contributed by atoms with E-state index in [0.717, 1.165) is 24.0 Å². The second-order valence-electron chi connectivity index (χ2n) is 3.79. The largest absolute Gasteiger partial charge is 0.290 e. The highest BCUT2D eigenvalue weighted by molar-refractivity contribution is 5.29. The molecule has 80 valence electrons. The van der Waals surface area contributed by atoms with Crippen LogP contribution in [0.3, 0.4) is 0 Å². The van der Waals surface area contributed by atoms with Crippen molar-refractivity contribution in [3.8, 4) is 11.5 Å². The molecule has 0 aliphatic rings. The molecule has 16 heavy (non-hydrogen) atoms. The van der Waals surface area contributed by atoms with Gasteiger partial charge < -0.3 is 0 Å². The standard InChI is InChI=1S/C14H12O2/c15-13-7-3-11(4-8-13)1-2-12-5-9-14(16)10-6-12/h3-10H,1-2H2. The summed E-state index contributed by atoms with van der Waals surface area (Å²) in [6.45, 7) is 0. The molecule has 0 fully saturated rings. The smallest absolute Gasteiger partial charge is 0.178 e. The van der Waals surface area contributed by atoms with Gasteiger partial charge in [0.25, 0.3) is 0 Å². The van der Waals surface area contributed by atoms with Gasteiger partial charge in [0.15, 0.2) is 11.5 Å². The Morgan fingerprint density at radius 2 is 0.875 bits per heavy atom. The van der Waals surface area contributed by atoms with Gasteiger partial charge in [-0.2, -0.15) is 0 Å². The molecule has 0 bridgehead atoms. The molecule has 0 unspecified atom stereocenters. The minimum absolute atomic E-state index is 0.0412. The Labute approximate surface area is 94.8 Å². The lowest BCUT2D eigenvalue weighted by atomic mass is 10.0. The Morgan fingerprint density at radius 1 is 0.562 bits per heavy atom. The van der Waals surface area contributed by atoms with Crippen LogP contribution in [-0.2, 0) is 23.1 Å². The monoisotopic (exact) mass is 212 g/mol. The first-order valence-corrected chi connectivity index (χ1v) is 5.26. The van der Waals surface area contributed by atoms with Crippen LogP contribution in [0.2, 0.25) is 0 Å². The molecule has 0 aliphatic heterocycles. The van der Waals surface area contributed by atoms with Gasteiger partial charge in [0.05, 0.1) is 0 Å². The zero-order valence-electron chi connectivity index (χ0n) is 8.85. The summed E-state index contributed by atoms with van der Waals surface area (Å²) in [5, 5.41) is 21.8. The van der Waals surface area contributed by atoms with Crippen LogP contribution in [-0.4, -0.2) is 0 Å². The van der Waals surface area contributed by atoms with Crippen molar-refractivity contribution in [2.75, 3.05) is 0 Å². The van der Waals surface area contributed by atoms with Crippen LogP contribution in [0.1, 0.15) is 11.1 Å². The third-order valence-electron chi connectivity index (χ3n) is 2.55. The van der Waals surface area contributed by atoms with Crippen LogP contribution in [0, 0.1) is 0 Å². The number of hydrogen-bond acceptors (Lipinski definition) is 0. The van der Waals surface area contributed by atoms with Gasteiger partial charge >= 0.3 is 0 Å². The van der Waals surface area contributed by atoms with E-state index in [1.165, 1.54) is 0 Å². The fourth-order valence-electron chi connectivity index (χ4n) is 1.60. The van der Waals surface area contributed by atoms with Crippen LogP contribution in [0.4, 0.5) is 0 Å². The van der Waals surface area contributed by atoms with E-state index in [1.54, 1.807) is 24.3 Å². The number of hydrogen-bond donors (Lipinski definition) is 0. The van der Waals surface area contributed by atoms with Crippen LogP contribution < -0.4 is 0 Å². The van der Waals surface area contributed by atoms with Crippen molar-refractivity contribution in [1.82, 2.24) is 0 Å². The molecule has 0 aromatic heterocycles. The molecule has 2 heteroatoms. The molecule has 0 amide bonds. The normalized spacial score (nSPS) is 10.2. The first kappa shape index (κ1) is 10.6. The highest BCUT2D eigenvalue weighted by Crippen LogP contribution is 2.15. The van der Waals surface area contributed by atoms with E-state index in [2.05, 4.69) is 0 Å². The van der Waals surface area contributed by atoms with Crippen LogP contribution >= 0.6 is 0 Å². The predicted molar refractivity (Wildman–Crippen MR) is 60.6 cm³/mol. The fourth-order valence-corrected chi connectivity index (χ4v) is 1.60. The summed E-state index contributed by atoms with van der Waals surface area (Å²) in [4.78, 5) is 0. The average Bonchev–Trinajstić information content (AvgIpc) is 2.30. The zero-order valence-corrected chi connectivity index (χ0v) is 8.85. The second-order valence-corrected chi connectivity index (χ2v) is 3.79. The number of benzene rings is 2. The fraction of sp³-hybridized carbons (Fsp3) is 0.143. The van der Waals surface area contributed by atoms with Crippen molar-refractivity contribution in [1.29, 1.82) is 0 Å². The Bertz CT molecular complexity index is 398. The van der Waals surface area contributed by atoms with E-state index in [9.17, 15) is 10.2 Å². The quantitative estimate of drug-likeness (QED) is 0.743. The molecule has 2 aromatic carbocycles. The molecule has 0 N–H and O–H groups in total. The van der Waals surface area contributed by atoms with Crippen LogP contribution in [0.25, 0.3) is 0 Å². The third kappa shape index (κ3) is 2.76. The van der Waals surface area contributed by atoms with Gasteiger partial charge in [-0.15, -0.1) is 0 Å². The maximum absolute atomic E-state index is 10.9. The lowest BCUT2D eigenvalue weighted by Crippen LogP contribution is -1.90. The molecule has 0 saturated heterocycles. The first-order chi connectivity index (χ1) is 7.74. The SMILES string of the molecule is [O]c1ccc(CCc2ccc([O])cc2)cc1.